The number of carbonyl (C=O) groups excluding carboxylic acids is 1. The maximum absolute atomic E-state index is 12.7. The predicted molar refractivity (Wildman–Crippen MR) is 104 cm³/mol. The third-order valence-electron chi connectivity index (χ3n) is 5.22. The Bertz CT molecular complexity index is 712. The summed E-state index contributed by atoms with van der Waals surface area (Å²) in [6.45, 7) is 3.20. The van der Waals surface area contributed by atoms with E-state index in [1.165, 1.54) is 4.31 Å². The van der Waals surface area contributed by atoms with E-state index in [0.29, 0.717) is 43.3 Å². The first-order chi connectivity index (χ1) is 11.9. The lowest BCUT2D eigenvalue weighted by Gasteiger charge is -2.30. The van der Waals surface area contributed by atoms with E-state index in [-0.39, 0.29) is 30.3 Å². The van der Waals surface area contributed by atoms with Crippen LogP contribution in [0.25, 0.3) is 0 Å². The van der Waals surface area contributed by atoms with Crippen molar-refractivity contribution in [3.8, 4) is 0 Å². The molecule has 2 aliphatic rings. The summed E-state index contributed by atoms with van der Waals surface area (Å²) in [5, 5.41) is 2.93. The van der Waals surface area contributed by atoms with Crippen molar-refractivity contribution in [2.75, 3.05) is 19.6 Å². The molecule has 1 atom stereocenters. The minimum Gasteiger partial charge on any atom is -0.354 e. The van der Waals surface area contributed by atoms with Gasteiger partial charge in [-0.05, 0) is 50.7 Å². The minimum atomic E-state index is -3.47. The summed E-state index contributed by atoms with van der Waals surface area (Å²) >= 11 is 0. The summed E-state index contributed by atoms with van der Waals surface area (Å²) in [7, 11) is -3.47. The average Bonchev–Trinajstić information content (AvgIpc) is 3.45. The summed E-state index contributed by atoms with van der Waals surface area (Å²) in [5.74, 6) is 0.432. The lowest BCUT2D eigenvalue weighted by atomic mass is 9.97. The number of piperidine rings is 1. The van der Waals surface area contributed by atoms with Crippen molar-refractivity contribution in [1.29, 1.82) is 0 Å². The molecule has 0 aromatic heterocycles. The zero-order valence-electron chi connectivity index (χ0n) is 15.1. The molecule has 1 unspecified atom stereocenters. The van der Waals surface area contributed by atoms with E-state index in [2.05, 4.69) is 5.32 Å². The third kappa shape index (κ3) is 4.97. The van der Waals surface area contributed by atoms with Gasteiger partial charge in [-0.25, -0.2) is 8.42 Å². The van der Waals surface area contributed by atoms with Crippen molar-refractivity contribution in [1.82, 2.24) is 9.62 Å². The van der Waals surface area contributed by atoms with Crippen LogP contribution in [0, 0.1) is 18.8 Å². The molecular formula is C18H28ClN3O3S. The molecular weight excluding hydrogens is 374 g/mol. The molecule has 146 valence electrons. The molecule has 1 saturated carbocycles. The van der Waals surface area contributed by atoms with Crippen LogP contribution in [-0.2, 0) is 14.8 Å². The van der Waals surface area contributed by atoms with Gasteiger partial charge in [0.15, 0.2) is 0 Å². The van der Waals surface area contributed by atoms with Gasteiger partial charge in [-0.2, -0.15) is 4.31 Å². The molecule has 8 heteroatoms. The highest BCUT2D eigenvalue weighted by Gasteiger charge is 2.33. The van der Waals surface area contributed by atoms with E-state index in [1.54, 1.807) is 24.3 Å². The molecule has 0 radical (unpaired) electrons. The maximum Gasteiger partial charge on any atom is 0.243 e. The lowest BCUT2D eigenvalue weighted by Crippen LogP contribution is -2.45. The van der Waals surface area contributed by atoms with E-state index in [1.807, 2.05) is 6.92 Å². The monoisotopic (exact) mass is 401 g/mol. The number of aryl methyl sites for hydroxylation is 1. The van der Waals surface area contributed by atoms with Crippen LogP contribution < -0.4 is 11.1 Å². The van der Waals surface area contributed by atoms with E-state index >= 15 is 0 Å². The second-order valence-electron chi connectivity index (χ2n) is 7.24. The quantitative estimate of drug-likeness (QED) is 0.758. The van der Waals surface area contributed by atoms with Gasteiger partial charge in [-0.3, -0.25) is 4.79 Å². The molecule has 1 aromatic rings. The molecule has 1 aliphatic heterocycles. The van der Waals surface area contributed by atoms with Gasteiger partial charge in [0, 0.05) is 31.6 Å². The minimum absolute atomic E-state index is 0. The number of halogens is 1. The summed E-state index contributed by atoms with van der Waals surface area (Å²) in [6, 6.07) is 6.93. The largest absolute Gasteiger partial charge is 0.354 e. The fraction of sp³-hybridized carbons (Fsp3) is 0.611. The Kier molecular flexibility index (Phi) is 7.07. The highest BCUT2D eigenvalue weighted by Crippen LogP contribution is 2.31. The first kappa shape index (κ1) is 21.2. The van der Waals surface area contributed by atoms with Gasteiger partial charge in [0.25, 0.3) is 0 Å². The Labute approximate surface area is 162 Å². The number of benzene rings is 1. The standard InChI is InChI=1S/C18H27N3O3S.ClH/c1-13-2-6-16(7-3-13)25(23,24)21-10-8-15(9-11-21)18(22)20-12-17(19)14-4-5-14;/h2-3,6-7,14-15,17H,4-5,8-12,19H2,1H3,(H,20,22);1H. The fourth-order valence-corrected chi connectivity index (χ4v) is 4.74. The number of nitrogens with one attached hydrogen (secondary N) is 1. The van der Waals surface area contributed by atoms with E-state index in [9.17, 15) is 13.2 Å². The summed E-state index contributed by atoms with van der Waals surface area (Å²) in [5.41, 5.74) is 7.04. The molecule has 1 saturated heterocycles. The number of hydrogen-bond donors (Lipinski definition) is 2. The van der Waals surface area contributed by atoms with Gasteiger partial charge < -0.3 is 11.1 Å². The van der Waals surface area contributed by atoms with E-state index in [0.717, 1.165) is 18.4 Å². The average molecular weight is 402 g/mol. The van der Waals surface area contributed by atoms with E-state index in [4.69, 9.17) is 5.73 Å². The van der Waals surface area contributed by atoms with Gasteiger partial charge in [0.2, 0.25) is 15.9 Å². The van der Waals surface area contributed by atoms with Crippen LogP contribution in [0.5, 0.6) is 0 Å². The lowest BCUT2D eigenvalue weighted by molar-refractivity contribution is -0.126. The van der Waals surface area contributed by atoms with Crippen molar-refractivity contribution in [3.63, 3.8) is 0 Å². The number of sulfonamides is 1. The molecule has 6 nitrogen and oxygen atoms in total. The van der Waals surface area contributed by atoms with Crippen molar-refractivity contribution in [2.24, 2.45) is 17.6 Å². The summed E-state index contributed by atoms with van der Waals surface area (Å²) in [4.78, 5) is 12.6. The Balaban J connectivity index is 0.00000243. The number of amides is 1. The maximum atomic E-state index is 12.7. The van der Waals surface area contributed by atoms with Gasteiger partial charge >= 0.3 is 0 Å². The fourth-order valence-electron chi connectivity index (χ4n) is 3.27. The predicted octanol–water partition coefficient (Wildman–Crippen LogP) is 1.67. The second-order valence-corrected chi connectivity index (χ2v) is 9.18. The highest BCUT2D eigenvalue weighted by molar-refractivity contribution is 7.89. The Morgan fingerprint density at radius 1 is 1.19 bits per heavy atom. The molecule has 3 rings (SSSR count). The topological polar surface area (TPSA) is 92.5 Å². The van der Waals surface area contributed by atoms with Crippen molar-refractivity contribution < 1.29 is 13.2 Å². The van der Waals surface area contributed by atoms with Crippen LogP contribution in [0.2, 0.25) is 0 Å². The van der Waals surface area contributed by atoms with Crippen molar-refractivity contribution >= 4 is 28.3 Å². The highest BCUT2D eigenvalue weighted by atomic mass is 35.5. The molecule has 2 fully saturated rings. The third-order valence-corrected chi connectivity index (χ3v) is 7.14. The molecule has 0 bridgehead atoms. The molecule has 1 aliphatic carbocycles. The molecule has 1 amide bonds. The Morgan fingerprint density at radius 3 is 2.31 bits per heavy atom. The number of carbonyl (C=O) groups is 1. The van der Waals surface area contributed by atoms with Crippen LogP contribution in [0.15, 0.2) is 29.2 Å². The van der Waals surface area contributed by atoms with E-state index < -0.39 is 10.0 Å². The zero-order valence-corrected chi connectivity index (χ0v) is 16.7. The van der Waals surface area contributed by atoms with Gasteiger partial charge in [0.05, 0.1) is 4.90 Å². The van der Waals surface area contributed by atoms with Gasteiger partial charge in [-0.15, -0.1) is 12.4 Å². The number of nitrogens with two attached hydrogens (primary N) is 1. The summed E-state index contributed by atoms with van der Waals surface area (Å²) < 4.78 is 26.8. The number of hydrogen-bond acceptors (Lipinski definition) is 4. The number of rotatable bonds is 6. The first-order valence-electron chi connectivity index (χ1n) is 8.98. The van der Waals surface area contributed by atoms with Crippen LogP contribution in [0.1, 0.15) is 31.2 Å². The Hall–Kier alpha value is -1.15. The normalized spacial score (nSPS) is 20.2. The van der Waals surface area contributed by atoms with Crippen LogP contribution >= 0.6 is 12.4 Å². The molecule has 1 heterocycles. The Morgan fingerprint density at radius 2 is 1.77 bits per heavy atom. The van der Waals surface area contributed by atoms with Crippen LogP contribution in [0.4, 0.5) is 0 Å². The smallest absolute Gasteiger partial charge is 0.243 e. The number of nitrogens with zero attached hydrogens (tertiary/aromatic N) is 1. The zero-order chi connectivity index (χ0) is 18.0. The molecule has 0 spiro atoms. The molecule has 26 heavy (non-hydrogen) atoms. The molecule has 1 aromatic carbocycles. The van der Waals surface area contributed by atoms with Gasteiger partial charge in [-0.1, -0.05) is 17.7 Å². The summed E-state index contributed by atoms with van der Waals surface area (Å²) in [6.07, 6.45) is 3.42. The van der Waals surface area contributed by atoms with Crippen LogP contribution in [-0.4, -0.2) is 44.3 Å². The second kappa shape index (κ2) is 8.69. The van der Waals surface area contributed by atoms with Crippen LogP contribution in [0.3, 0.4) is 0 Å². The SMILES string of the molecule is Cc1ccc(S(=O)(=O)N2CCC(C(=O)NCC(N)C3CC3)CC2)cc1.Cl. The van der Waals surface area contributed by atoms with Crippen molar-refractivity contribution in [2.45, 2.75) is 43.5 Å². The first-order valence-corrected chi connectivity index (χ1v) is 10.4. The molecule has 3 N–H and O–H groups in total. The van der Waals surface area contributed by atoms with Gasteiger partial charge in [0.1, 0.15) is 0 Å². The van der Waals surface area contributed by atoms with Crippen molar-refractivity contribution in [3.05, 3.63) is 29.8 Å².